The van der Waals surface area contributed by atoms with Gasteiger partial charge in [0.05, 0.1) is 0 Å². The third-order valence-electron chi connectivity index (χ3n) is 3.16. The number of carbonyl (C=O) groups excluding carboxylic acids is 2. The Hall–Kier alpha value is -1.84. The lowest BCUT2D eigenvalue weighted by Crippen LogP contribution is -2.41. The van der Waals surface area contributed by atoms with Crippen molar-refractivity contribution in [1.82, 2.24) is 5.32 Å². The van der Waals surface area contributed by atoms with Crippen molar-refractivity contribution in [3.8, 4) is 0 Å². The van der Waals surface area contributed by atoms with Gasteiger partial charge in [0.25, 0.3) is 0 Å². The lowest BCUT2D eigenvalue weighted by Gasteiger charge is -2.25. The molecule has 0 radical (unpaired) electrons. The van der Waals surface area contributed by atoms with E-state index in [-0.39, 0.29) is 11.9 Å². The van der Waals surface area contributed by atoms with E-state index >= 15 is 0 Å². The summed E-state index contributed by atoms with van der Waals surface area (Å²) in [5.74, 6) is 0.0574. The Morgan fingerprint density at radius 2 is 2.12 bits per heavy atom. The zero-order chi connectivity index (χ0) is 12.3. The van der Waals surface area contributed by atoms with Crippen molar-refractivity contribution in [3.05, 3.63) is 29.8 Å². The first kappa shape index (κ1) is 11.6. The fourth-order valence-corrected chi connectivity index (χ4v) is 2.26. The van der Waals surface area contributed by atoms with E-state index in [1.165, 1.54) is 0 Å². The highest BCUT2D eigenvalue weighted by Crippen LogP contribution is 2.25. The molecule has 1 unspecified atom stereocenters. The van der Waals surface area contributed by atoms with Gasteiger partial charge >= 0.3 is 0 Å². The number of hydrogen-bond acceptors (Lipinski definition) is 3. The molecule has 0 spiro atoms. The van der Waals surface area contributed by atoms with Crippen LogP contribution in [0.25, 0.3) is 0 Å². The number of carbonyl (C=O) groups is 2. The van der Waals surface area contributed by atoms with Crippen LogP contribution >= 0.6 is 0 Å². The van der Waals surface area contributed by atoms with Crippen LogP contribution in [-0.4, -0.2) is 31.8 Å². The number of rotatable bonds is 3. The maximum absolute atomic E-state index is 11.7. The molecule has 1 fully saturated rings. The Labute approximate surface area is 101 Å². The maximum atomic E-state index is 11.7. The van der Waals surface area contributed by atoms with Gasteiger partial charge in [-0.2, -0.15) is 0 Å². The predicted octanol–water partition coefficient (Wildman–Crippen LogP) is 1.21. The third-order valence-corrected chi connectivity index (χ3v) is 3.16. The molecule has 1 saturated heterocycles. The second-order valence-electron chi connectivity index (χ2n) is 4.18. The van der Waals surface area contributed by atoms with Gasteiger partial charge in [0.15, 0.2) is 0 Å². The molecule has 2 rings (SSSR count). The second kappa shape index (κ2) is 4.99. The first-order chi connectivity index (χ1) is 8.26. The molecule has 1 amide bonds. The van der Waals surface area contributed by atoms with Crippen molar-refractivity contribution in [2.75, 3.05) is 18.5 Å². The summed E-state index contributed by atoms with van der Waals surface area (Å²) in [6, 6.07) is 7.26. The summed E-state index contributed by atoms with van der Waals surface area (Å²) < 4.78 is 0. The van der Waals surface area contributed by atoms with E-state index in [0.29, 0.717) is 5.56 Å². The molecule has 1 aromatic rings. The fraction of sp³-hybridized carbons (Fsp3) is 0.385. The van der Waals surface area contributed by atoms with E-state index in [1.807, 2.05) is 12.1 Å². The smallest absolute Gasteiger partial charge is 0.242 e. The van der Waals surface area contributed by atoms with E-state index in [4.69, 9.17) is 0 Å². The van der Waals surface area contributed by atoms with Crippen LogP contribution in [0.2, 0.25) is 0 Å². The van der Waals surface area contributed by atoms with Crippen molar-refractivity contribution in [2.24, 2.45) is 0 Å². The number of nitrogens with zero attached hydrogens (tertiary/aromatic N) is 1. The van der Waals surface area contributed by atoms with Crippen LogP contribution in [-0.2, 0) is 4.79 Å². The molecular weight excluding hydrogens is 216 g/mol. The topological polar surface area (TPSA) is 49.4 Å². The summed E-state index contributed by atoms with van der Waals surface area (Å²) in [5, 5.41) is 2.69. The molecule has 0 aliphatic carbocycles. The van der Waals surface area contributed by atoms with E-state index < -0.39 is 0 Å². The minimum absolute atomic E-state index is 0.0574. The summed E-state index contributed by atoms with van der Waals surface area (Å²) in [6.45, 7) is 0.887. The SMILES string of the molecule is CNC(=O)C1CCCN1c1ccc(C=O)cc1. The number of amides is 1. The molecule has 0 saturated carbocycles. The van der Waals surface area contributed by atoms with Gasteiger partial charge in [-0.3, -0.25) is 9.59 Å². The van der Waals surface area contributed by atoms with Crippen molar-refractivity contribution in [1.29, 1.82) is 0 Å². The molecule has 4 heteroatoms. The van der Waals surface area contributed by atoms with Crippen LogP contribution in [0, 0.1) is 0 Å². The molecule has 1 aromatic carbocycles. The first-order valence-electron chi connectivity index (χ1n) is 5.79. The number of benzene rings is 1. The molecule has 17 heavy (non-hydrogen) atoms. The van der Waals surface area contributed by atoms with Crippen LogP contribution in [0.1, 0.15) is 23.2 Å². The Kier molecular flexibility index (Phi) is 3.42. The van der Waals surface area contributed by atoms with Crippen molar-refractivity contribution < 1.29 is 9.59 Å². The quantitative estimate of drug-likeness (QED) is 0.797. The van der Waals surface area contributed by atoms with Crippen LogP contribution < -0.4 is 10.2 Å². The summed E-state index contributed by atoms with van der Waals surface area (Å²) >= 11 is 0. The number of nitrogens with one attached hydrogen (secondary N) is 1. The molecule has 1 atom stereocenters. The van der Waals surface area contributed by atoms with Crippen LogP contribution in [0.15, 0.2) is 24.3 Å². The summed E-state index contributed by atoms with van der Waals surface area (Å²) in [4.78, 5) is 24.4. The fourth-order valence-electron chi connectivity index (χ4n) is 2.26. The Bertz CT molecular complexity index is 414. The molecule has 1 aliphatic rings. The normalized spacial score (nSPS) is 19.1. The summed E-state index contributed by atoms with van der Waals surface area (Å²) in [6.07, 6.45) is 2.73. The summed E-state index contributed by atoms with van der Waals surface area (Å²) in [7, 11) is 1.66. The van der Waals surface area contributed by atoms with Gasteiger partial charge in [0.2, 0.25) is 5.91 Å². The van der Waals surface area contributed by atoms with Crippen LogP contribution in [0.4, 0.5) is 5.69 Å². The highest BCUT2D eigenvalue weighted by molar-refractivity contribution is 5.86. The Morgan fingerprint density at radius 3 is 2.71 bits per heavy atom. The van der Waals surface area contributed by atoms with E-state index in [2.05, 4.69) is 10.2 Å². The molecule has 1 N–H and O–H groups in total. The first-order valence-corrected chi connectivity index (χ1v) is 5.79. The Morgan fingerprint density at radius 1 is 1.41 bits per heavy atom. The minimum atomic E-state index is -0.0814. The van der Waals surface area contributed by atoms with Gasteiger partial charge in [-0.25, -0.2) is 0 Å². The molecule has 90 valence electrons. The third kappa shape index (κ3) is 2.30. The lowest BCUT2D eigenvalue weighted by molar-refractivity contribution is -0.121. The average Bonchev–Trinajstić information content (AvgIpc) is 2.87. The molecule has 0 aromatic heterocycles. The van der Waals surface area contributed by atoms with Gasteiger partial charge in [0, 0.05) is 24.8 Å². The molecule has 4 nitrogen and oxygen atoms in total. The molecule has 0 bridgehead atoms. The van der Waals surface area contributed by atoms with E-state index in [1.54, 1.807) is 19.2 Å². The van der Waals surface area contributed by atoms with E-state index in [9.17, 15) is 9.59 Å². The zero-order valence-corrected chi connectivity index (χ0v) is 9.85. The maximum Gasteiger partial charge on any atom is 0.242 e. The summed E-state index contributed by atoms with van der Waals surface area (Å²) in [5.41, 5.74) is 1.66. The Balaban J connectivity index is 2.19. The van der Waals surface area contributed by atoms with E-state index in [0.717, 1.165) is 31.4 Å². The molecule has 1 heterocycles. The average molecular weight is 232 g/mol. The molecule has 1 aliphatic heterocycles. The van der Waals surface area contributed by atoms with Gasteiger partial charge < -0.3 is 10.2 Å². The van der Waals surface area contributed by atoms with Crippen molar-refractivity contribution in [2.45, 2.75) is 18.9 Å². The van der Waals surface area contributed by atoms with Crippen molar-refractivity contribution >= 4 is 17.9 Å². The predicted molar refractivity (Wildman–Crippen MR) is 66.3 cm³/mol. The number of anilines is 1. The molecular formula is C13H16N2O2. The highest BCUT2D eigenvalue weighted by atomic mass is 16.2. The number of aldehydes is 1. The standard InChI is InChI=1S/C13H16N2O2/c1-14-13(17)12-3-2-8-15(12)11-6-4-10(9-16)5-7-11/h4-7,9,12H,2-3,8H2,1H3,(H,14,17). The lowest BCUT2D eigenvalue weighted by atomic mass is 10.1. The number of likely N-dealkylation sites (N-methyl/N-ethyl adjacent to an activating group) is 1. The zero-order valence-electron chi connectivity index (χ0n) is 9.85. The number of hydrogen-bond donors (Lipinski definition) is 1. The van der Waals surface area contributed by atoms with Crippen molar-refractivity contribution in [3.63, 3.8) is 0 Å². The van der Waals surface area contributed by atoms with Gasteiger partial charge in [-0.15, -0.1) is 0 Å². The minimum Gasteiger partial charge on any atom is -0.360 e. The van der Waals surface area contributed by atoms with Crippen LogP contribution in [0.5, 0.6) is 0 Å². The van der Waals surface area contributed by atoms with Gasteiger partial charge in [0.1, 0.15) is 12.3 Å². The largest absolute Gasteiger partial charge is 0.360 e. The second-order valence-corrected chi connectivity index (χ2v) is 4.18. The monoisotopic (exact) mass is 232 g/mol. The highest BCUT2D eigenvalue weighted by Gasteiger charge is 2.29. The van der Waals surface area contributed by atoms with Gasteiger partial charge in [-0.1, -0.05) is 0 Å². The van der Waals surface area contributed by atoms with Crippen LogP contribution in [0.3, 0.4) is 0 Å². The van der Waals surface area contributed by atoms with Gasteiger partial charge in [-0.05, 0) is 37.1 Å².